The zero-order valence-electron chi connectivity index (χ0n) is 10.4. The minimum Gasteiger partial charge on any atom is -0.279 e. The molecule has 4 nitrogen and oxygen atoms in total. The highest BCUT2D eigenvalue weighted by Crippen LogP contribution is 2.24. The van der Waals surface area contributed by atoms with E-state index in [1.165, 1.54) is 17.4 Å². The van der Waals surface area contributed by atoms with Gasteiger partial charge >= 0.3 is 0 Å². The van der Waals surface area contributed by atoms with Crippen LogP contribution in [0.3, 0.4) is 0 Å². The lowest BCUT2D eigenvalue weighted by Crippen LogP contribution is -2.14. The zero-order valence-corrected chi connectivity index (χ0v) is 12.0. The molecule has 0 fully saturated rings. The molecule has 0 aliphatic carbocycles. The van der Waals surface area contributed by atoms with Crippen molar-refractivity contribution in [2.24, 2.45) is 0 Å². The molecule has 0 amide bonds. The van der Waals surface area contributed by atoms with E-state index in [0.29, 0.717) is 6.07 Å². The average molecular weight is 326 g/mol. The van der Waals surface area contributed by atoms with Crippen molar-refractivity contribution in [2.45, 2.75) is 4.90 Å². The summed E-state index contributed by atoms with van der Waals surface area (Å²) in [5, 5.41) is 0. The molecule has 1 N–H and O–H groups in total. The van der Waals surface area contributed by atoms with Crippen molar-refractivity contribution in [1.82, 2.24) is 4.98 Å². The number of hydrogen-bond donors (Lipinski definition) is 1. The summed E-state index contributed by atoms with van der Waals surface area (Å²) in [6, 6.07) is 7.10. The Morgan fingerprint density at radius 2 is 1.90 bits per heavy atom. The first-order chi connectivity index (χ1) is 9.95. The van der Waals surface area contributed by atoms with Crippen molar-refractivity contribution in [3.05, 3.63) is 53.5 Å². The summed E-state index contributed by atoms with van der Waals surface area (Å²) in [5.74, 6) is -1.97. The molecule has 21 heavy (non-hydrogen) atoms. The van der Waals surface area contributed by atoms with Crippen molar-refractivity contribution in [1.29, 1.82) is 0 Å². The van der Waals surface area contributed by atoms with Gasteiger partial charge in [-0.25, -0.2) is 22.2 Å². The Labute approximate surface area is 123 Å². The van der Waals surface area contributed by atoms with Crippen molar-refractivity contribution in [3.63, 3.8) is 0 Å². The highest BCUT2D eigenvalue weighted by molar-refractivity contribution is 7.92. The molecular weight excluding hydrogens is 318 g/mol. The van der Waals surface area contributed by atoms with Crippen molar-refractivity contribution < 1.29 is 17.2 Å². The fourth-order valence-electron chi connectivity index (χ4n) is 1.82. The minimum absolute atomic E-state index is 0.287. The summed E-state index contributed by atoms with van der Waals surface area (Å²) in [7, 11) is -4.12. The van der Waals surface area contributed by atoms with E-state index in [2.05, 4.69) is 9.71 Å². The number of sulfonamides is 1. The van der Waals surface area contributed by atoms with Crippen LogP contribution < -0.4 is 4.72 Å². The van der Waals surface area contributed by atoms with E-state index in [-0.39, 0.29) is 5.69 Å². The Morgan fingerprint density at radius 1 is 1.10 bits per heavy atom. The zero-order chi connectivity index (χ0) is 15.0. The predicted molar refractivity (Wildman–Crippen MR) is 76.8 cm³/mol. The van der Waals surface area contributed by atoms with Gasteiger partial charge in [-0.05, 0) is 30.3 Å². The van der Waals surface area contributed by atoms with Gasteiger partial charge in [0.1, 0.15) is 16.5 Å². The standard InChI is InChI=1S/C13H8F2N2O2S2/c14-8-1-4-13(10(15)5-8)21(18,19)17-9-2-3-11-12(6-9)20-7-16-11/h1-7,17H. The van der Waals surface area contributed by atoms with Crippen molar-refractivity contribution >= 4 is 37.3 Å². The third kappa shape index (κ3) is 2.72. The molecule has 3 rings (SSSR count). The first kappa shape index (κ1) is 13.9. The minimum atomic E-state index is -4.12. The summed E-state index contributed by atoms with van der Waals surface area (Å²) in [6.07, 6.45) is 0. The van der Waals surface area contributed by atoms with Crippen LogP contribution in [0.25, 0.3) is 10.2 Å². The van der Waals surface area contributed by atoms with E-state index in [1.807, 2.05) is 0 Å². The van der Waals surface area contributed by atoms with Gasteiger partial charge in [0.25, 0.3) is 10.0 Å². The highest BCUT2D eigenvalue weighted by atomic mass is 32.2. The monoisotopic (exact) mass is 326 g/mol. The van der Waals surface area contributed by atoms with Gasteiger partial charge in [-0.2, -0.15) is 0 Å². The van der Waals surface area contributed by atoms with Crippen LogP contribution in [-0.2, 0) is 10.0 Å². The van der Waals surface area contributed by atoms with Crippen LogP contribution >= 0.6 is 11.3 Å². The number of halogens is 2. The lowest BCUT2D eigenvalue weighted by molar-refractivity contribution is 0.551. The van der Waals surface area contributed by atoms with Crippen LogP contribution in [0.5, 0.6) is 0 Å². The number of anilines is 1. The Morgan fingerprint density at radius 3 is 2.67 bits per heavy atom. The van der Waals surface area contributed by atoms with Crippen LogP contribution in [0.15, 0.2) is 46.8 Å². The molecule has 0 aliphatic rings. The fourth-order valence-corrected chi connectivity index (χ4v) is 3.65. The normalized spacial score (nSPS) is 11.7. The second-order valence-electron chi connectivity index (χ2n) is 4.22. The number of nitrogens with zero attached hydrogens (tertiary/aromatic N) is 1. The largest absolute Gasteiger partial charge is 0.279 e. The Balaban J connectivity index is 1.98. The summed E-state index contributed by atoms with van der Waals surface area (Å²) < 4.78 is 53.7. The van der Waals surface area contributed by atoms with Gasteiger partial charge in [-0.1, -0.05) is 0 Å². The van der Waals surface area contributed by atoms with E-state index < -0.39 is 26.6 Å². The van der Waals surface area contributed by atoms with Gasteiger partial charge in [0.15, 0.2) is 0 Å². The quantitative estimate of drug-likeness (QED) is 0.803. The molecule has 0 atom stereocenters. The molecule has 0 bridgehead atoms. The first-order valence-corrected chi connectivity index (χ1v) is 8.13. The van der Waals surface area contributed by atoms with Crippen molar-refractivity contribution in [3.8, 4) is 0 Å². The lowest BCUT2D eigenvalue weighted by atomic mass is 10.3. The lowest BCUT2D eigenvalue weighted by Gasteiger charge is -2.08. The van der Waals surface area contributed by atoms with Crippen LogP contribution in [0.4, 0.5) is 14.5 Å². The van der Waals surface area contributed by atoms with Gasteiger partial charge in [-0.15, -0.1) is 11.3 Å². The third-order valence-electron chi connectivity index (χ3n) is 2.77. The summed E-state index contributed by atoms with van der Waals surface area (Å²) in [6.45, 7) is 0. The number of benzene rings is 2. The molecule has 8 heteroatoms. The van der Waals surface area contributed by atoms with Crippen LogP contribution in [0.1, 0.15) is 0 Å². The van der Waals surface area contributed by atoms with Gasteiger partial charge < -0.3 is 0 Å². The summed E-state index contributed by atoms with van der Waals surface area (Å²) in [5.41, 5.74) is 2.68. The molecule has 108 valence electrons. The Bertz CT molecular complexity index is 923. The van der Waals surface area contributed by atoms with Crippen molar-refractivity contribution in [2.75, 3.05) is 4.72 Å². The van der Waals surface area contributed by atoms with Gasteiger partial charge in [-0.3, -0.25) is 4.72 Å². The summed E-state index contributed by atoms with van der Waals surface area (Å²) >= 11 is 1.36. The molecule has 3 aromatic rings. The molecule has 0 saturated heterocycles. The van der Waals surface area contributed by atoms with E-state index in [0.717, 1.165) is 22.3 Å². The van der Waals surface area contributed by atoms with Gasteiger partial charge in [0, 0.05) is 6.07 Å². The smallest absolute Gasteiger partial charge is 0.264 e. The highest BCUT2D eigenvalue weighted by Gasteiger charge is 2.19. The van der Waals surface area contributed by atoms with E-state index in [4.69, 9.17) is 0 Å². The molecular formula is C13H8F2N2O2S2. The third-order valence-corrected chi connectivity index (χ3v) is 4.97. The fraction of sp³-hybridized carbons (Fsp3) is 0. The number of hydrogen-bond acceptors (Lipinski definition) is 4. The molecule has 0 spiro atoms. The second-order valence-corrected chi connectivity index (χ2v) is 6.75. The van der Waals surface area contributed by atoms with Crippen LogP contribution in [-0.4, -0.2) is 13.4 Å². The molecule has 1 aromatic heterocycles. The number of fused-ring (bicyclic) bond motifs is 1. The summed E-state index contributed by atoms with van der Waals surface area (Å²) in [4.78, 5) is 3.47. The maximum atomic E-state index is 13.6. The van der Waals surface area contributed by atoms with E-state index >= 15 is 0 Å². The Kier molecular flexibility index (Phi) is 3.34. The molecule has 0 unspecified atom stereocenters. The van der Waals surface area contributed by atoms with Crippen LogP contribution in [0.2, 0.25) is 0 Å². The topological polar surface area (TPSA) is 59.1 Å². The number of thiazole rings is 1. The predicted octanol–water partition coefficient (Wildman–Crippen LogP) is 3.38. The molecule has 2 aromatic carbocycles. The van der Waals surface area contributed by atoms with E-state index in [1.54, 1.807) is 17.6 Å². The second kappa shape index (κ2) is 5.05. The maximum absolute atomic E-state index is 13.6. The SMILES string of the molecule is O=S(=O)(Nc1ccc2ncsc2c1)c1ccc(F)cc1F. The van der Waals surface area contributed by atoms with Gasteiger partial charge in [0.05, 0.1) is 21.4 Å². The molecule has 0 radical (unpaired) electrons. The molecule has 0 aliphatic heterocycles. The number of rotatable bonds is 3. The number of aromatic nitrogens is 1. The molecule has 0 saturated carbocycles. The van der Waals surface area contributed by atoms with Gasteiger partial charge in [0.2, 0.25) is 0 Å². The number of nitrogens with one attached hydrogen (secondary N) is 1. The van der Waals surface area contributed by atoms with E-state index in [9.17, 15) is 17.2 Å². The first-order valence-electron chi connectivity index (χ1n) is 5.77. The average Bonchev–Trinajstić information content (AvgIpc) is 2.85. The maximum Gasteiger partial charge on any atom is 0.264 e. The van der Waals surface area contributed by atoms with Crippen LogP contribution in [0, 0.1) is 11.6 Å². The molecule has 1 heterocycles. The Hall–Kier alpha value is -2.06.